The van der Waals surface area contributed by atoms with Crippen LogP contribution in [0.3, 0.4) is 0 Å². The van der Waals surface area contributed by atoms with Gasteiger partial charge in [0.05, 0.1) is 11.4 Å². The topological polar surface area (TPSA) is 127 Å². The highest BCUT2D eigenvalue weighted by molar-refractivity contribution is 8.01. The molecule has 10 heteroatoms. The van der Waals surface area contributed by atoms with Gasteiger partial charge < -0.3 is 11.1 Å². The molecule has 1 saturated carbocycles. The predicted octanol–water partition coefficient (Wildman–Crippen LogP) is 0.667. The number of hydrogen-bond acceptors (Lipinski definition) is 8. The van der Waals surface area contributed by atoms with Gasteiger partial charge in [-0.1, -0.05) is 23.1 Å². The predicted molar refractivity (Wildman–Crippen MR) is 88.5 cm³/mol. The minimum absolute atomic E-state index is 0.0234. The fourth-order valence-electron chi connectivity index (χ4n) is 2.42. The third-order valence-corrected chi connectivity index (χ3v) is 5.51. The molecule has 0 radical (unpaired) electrons. The summed E-state index contributed by atoms with van der Waals surface area (Å²) >= 11 is 2.86. The summed E-state index contributed by atoms with van der Waals surface area (Å²) in [5.74, 6) is 0.600. The standard InChI is InChI=1S/C13H16N6O2S2/c1-6-18-19-13(23-6)22-5-11(21)15-8-2-7(3-8)9-4-10(20)17-12(14)16-9/h4,7-8H,2-3,5H2,1H3,(H,15,21)(H3,14,16,17,20). The number of carbonyl (C=O) groups excluding carboxylic acids is 1. The molecule has 1 aliphatic rings. The van der Waals surface area contributed by atoms with Crippen LogP contribution in [0.4, 0.5) is 5.95 Å². The maximum atomic E-state index is 11.9. The molecule has 0 aliphatic heterocycles. The van der Waals surface area contributed by atoms with Crippen molar-refractivity contribution in [3.8, 4) is 0 Å². The van der Waals surface area contributed by atoms with E-state index in [0.29, 0.717) is 11.4 Å². The van der Waals surface area contributed by atoms with Gasteiger partial charge in [-0.2, -0.15) is 0 Å². The monoisotopic (exact) mass is 352 g/mol. The van der Waals surface area contributed by atoms with Gasteiger partial charge in [-0.05, 0) is 19.8 Å². The largest absolute Gasteiger partial charge is 0.369 e. The lowest BCUT2D eigenvalue weighted by Crippen LogP contribution is -2.44. The molecule has 0 atom stereocenters. The lowest BCUT2D eigenvalue weighted by molar-refractivity contribution is -0.119. The molecule has 1 amide bonds. The number of aromatic nitrogens is 4. The second-order valence-corrected chi connectivity index (χ2v) is 7.77. The molecule has 0 aromatic carbocycles. The van der Waals surface area contributed by atoms with Crippen molar-refractivity contribution in [1.29, 1.82) is 0 Å². The van der Waals surface area contributed by atoms with Crippen LogP contribution in [0.1, 0.15) is 29.5 Å². The van der Waals surface area contributed by atoms with Crippen LogP contribution in [-0.2, 0) is 4.79 Å². The molecular formula is C13H16N6O2S2. The average Bonchev–Trinajstić information content (AvgIpc) is 2.84. The van der Waals surface area contributed by atoms with Crippen molar-refractivity contribution in [2.45, 2.75) is 36.1 Å². The summed E-state index contributed by atoms with van der Waals surface area (Å²) in [6.45, 7) is 1.88. The number of aromatic amines is 1. The Hall–Kier alpha value is -1.94. The summed E-state index contributed by atoms with van der Waals surface area (Å²) < 4.78 is 0.798. The van der Waals surface area contributed by atoms with Crippen LogP contribution in [0.25, 0.3) is 0 Å². The van der Waals surface area contributed by atoms with Gasteiger partial charge in [-0.15, -0.1) is 10.2 Å². The molecule has 122 valence electrons. The Labute approximate surface area is 140 Å². The fourth-order valence-corrected chi connectivity index (χ4v) is 4.04. The summed E-state index contributed by atoms with van der Waals surface area (Å²) in [4.78, 5) is 29.8. The number of nitrogens with one attached hydrogen (secondary N) is 2. The van der Waals surface area contributed by atoms with Gasteiger partial charge in [-0.3, -0.25) is 14.6 Å². The smallest absolute Gasteiger partial charge is 0.252 e. The second kappa shape index (κ2) is 6.67. The van der Waals surface area contributed by atoms with Crippen LogP contribution < -0.4 is 16.6 Å². The van der Waals surface area contributed by atoms with Crippen LogP contribution in [0, 0.1) is 6.92 Å². The van der Waals surface area contributed by atoms with Gasteiger partial charge in [-0.25, -0.2) is 4.98 Å². The highest BCUT2D eigenvalue weighted by Gasteiger charge is 2.32. The third-order valence-electron chi connectivity index (χ3n) is 3.54. The molecule has 8 nitrogen and oxygen atoms in total. The molecule has 2 aromatic heterocycles. The fraction of sp³-hybridized carbons (Fsp3) is 0.462. The number of anilines is 1. The maximum absolute atomic E-state index is 11.9. The normalized spacial score (nSPS) is 20.0. The van der Waals surface area contributed by atoms with Crippen molar-refractivity contribution in [1.82, 2.24) is 25.5 Å². The molecular weight excluding hydrogens is 336 g/mol. The first-order valence-electron chi connectivity index (χ1n) is 7.08. The number of nitrogen functional groups attached to an aromatic ring is 1. The highest BCUT2D eigenvalue weighted by Crippen LogP contribution is 2.35. The third kappa shape index (κ3) is 4.08. The first-order valence-corrected chi connectivity index (χ1v) is 8.89. The number of H-pyrrole nitrogens is 1. The van der Waals surface area contributed by atoms with E-state index in [1.165, 1.54) is 29.2 Å². The summed E-state index contributed by atoms with van der Waals surface area (Å²) in [6, 6.07) is 1.58. The molecule has 1 fully saturated rings. The first kappa shape index (κ1) is 15.9. The van der Waals surface area contributed by atoms with Gasteiger partial charge in [0.1, 0.15) is 5.01 Å². The van der Waals surface area contributed by atoms with E-state index < -0.39 is 0 Å². The van der Waals surface area contributed by atoms with Gasteiger partial charge in [0.15, 0.2) is 4.34 Å². The number of aryl methyl sites for hydroxylation is 1. The zero-order valence-electron chi connectivity index (χ0n) is 12.4. The van der Waals surface area contributed by atoms with Gasteiger partial charge in [0.2, 0.25) is 11.9 Å². The van der Waals surface area contributed by atoms with E-state index in [4.69, 9.17) is 5.73 Å². The lowest BCUT2D eigenvalue weighted by Gasteiger charge is -2.35. The molecule has 4 N–H and O–H groups in total. The quantitative estimate of drug-likeness (QED) is 0.675. The number of rotatable bonds is 5. The number of thioether (sulfide) groups is 1. The number of nitrogens with two attached hydrogens (primary N) is 1. The number of nitrogens with zero attached hydrogens (tertiary/aromatic N) is 3. The summed E-state index contributed by atoms with van der Waals surface area (Å²) in [5.41, 5.74) is 5.98. The SMILES string of the molecule is Cc1nnc(SCC(=O)NC2CC(c3cc(=O)[nH]c(N)n3)C2)s1. The first-order chi connectivity index (χ1) is 11.0. The number of amides is 1. The van der Waals surface area contributed by atoms with Crippen molar-refractivity contribution in [2.24, 2.45) is 0 Å². The molecule has 0 unspecified atom stereocenters. The maximum Gasteiger partial charge on any atom is 0.252 e. The number of hydrogen-bond donors (Lipinski definition) is 3. The van der Waals surface area contributed by atoms with Crippen LogP contribution in [0.15, 0.2) is 15.2 Å². The van der Waals surface area contributed by atoms with Crippen LogP contribution in [0.5, 0.6) is 0 Å². The Kier molecular flexibility index (Phi) is 4.62. The van der Waals surface area contributed by atoms with E-state index >= 15 is 0 Å². The van der Waals surface area contributed by atoms with E-state index in [2.05, 4.69) is 25.5 Å². The molecule has 0 bridgehead atoms. The van der Waals surface area contributed by atoms with E-state index in [-0.39, 0.29) is 29.4 Å². The average molecular weight is 352 g/mol. The van der Waals surface area contributed by atoms with Crippen LogP contribution in [0.2, 0.25) is 0 Å². The summed E-state index contributed by atoms with van der Waals surface area (Å²) in [5, 5.41) is 11.7. The Morgan fingerprint density at radius 1 is 1.52 bits per heavy atom. The Balaban J connectivity index is 1.44. The van der Waals surface area contributed by atoms with Crippen molar-refractivity contribution >= 4 is 35.0 Å². The Morgan fingerprint density at radius 3 is 2.96 bits per heavy atom. The second-order valence-electron chi connectivity index (χ2n) is 5.36. The van der Waals surface area contributed by atoms with E-state index in [9.17, 15) is 9.59 Å². The summed E-state index contributed by atoms with van der Waals surface area (Å²) in [6.07, 6.45) is 1.54. The van der Waals surface area contributed by atoms with Crippen LogP contribution >= 0.6 is 23.1 Å². The van der Waals surface area contributed by atoms with E-state index in [0.717, 1.165) is 22.2 Å². The van der Waals surface area contributed by atoms with Gasteiger partial charge in [0.25, 0.3) is 5.56 Å². The van der Waals surface area contributed by atoms with Crippen molar-refractivity contribution in [2.75, 3.05) is 11.5 Å². The van der Waals surface area contributed by atoms with Crippen molar-refractivity contribution in [3.63, 3.8) is 0 Å². The van der Waals surface area contributed by atoms with Gasteiger partial charge >= 0.3 is 0 Å². The van der Waals surface area contributed by atoms with Crippen molar-refractivity contribution in [3.05, 3.63) is 27.1 Å². The Morgan fingerprint density at radius 2 is 2.30 bits per heavy atom. The molecule has 2 aromatic rings. The van der Waals surface area contributed by atoms with Crippen LogP contribution in [-0.4, -0.2) is 37.9 Å². The Bertz CT molecular complexity index is 768. The van der Waals surface area contributed by atoms with Crippen molar-refractivity contribution < 1.29 is 4.79 Å². The minimum atomic E-state index is -0.247. The van der Waals surface area contributed by atoms with E-state index in [1.54, 1.807) is 0 Å². The van der Waals surface area contributed by atoms with E-state index in [1.807, 2.05) is 6.92 Å². The molecule has 1 aliphatic carbocycles. The molecule has 0 saturated heterocycles. The molecule has 0 spiro atoms. The highest BCUT2D eigenvalue weighted by atomic mass is 32.2. The minimum Gasteiger partial charge on any atom is -0.369 e. The zero-order chi connectivity index (χ0) is 16.4. The van der Waals surface area contributed by atoms with Gasteiger partial charge in [0, 0.05) is 18.0 Å². The number of carbonyl (C=O) groups is 1. The molecule has 2 heterocycles. The lowest BCUT2D eigenvalue weighted by atomic mass is 9.78. The summed E-state index contributed by atoms with van der Waals surface area (Å²) in [7, 11) is 0. The zero-order valence-corrected chi connectivity index (χ0v) is 14.0. The molecule has 23 heavy (non-hydrogen) atoms. The molecule has 3 rings (SSSR count).